The average Bonchev–Trinajstić information content (AvgIpc) is 2.75. The molecule has 1 aromatic carbocycles. The first-order chi connectivity index (χ1) is 9.56. The van der Waals surface area contributed by atoms with Crippen molar-refractivity contribution < 1.29 is 9.18 Å². The summed E-state index contributed by atoms with van der Waals surface area (Å²) in [5.74, 6) is 1.02. The Morgan fingerprint density at radius 2 is 2.20 bits per heavy atom. The molecule has 0 heterocycles. The number of rotatable bonds is 3. The number of carbonyl (C=O) groups excluding carboxylic acids is 1. The van der Waals surface area contributed by atoms with E-state index in [2.05, 4.69) is 5.32 Å². The third kappa shape index (κ3) is 2.33. The molecule has 0 spiro atoms. The summed E-state index contributed by atoms with van der Waals surface area (Å²) >= 11 is 0. The fraction of sp³-hybridized carbons (Fsp3) is 0.562. The largest absolute Gasteiger partial charge is 0.352 e. The fourth-order valence-corrected chi connectivity index (χ4v) is 3.71. The number of fused-ring (bicyclic) bond motifs is 1. The minimum atomic E-state index is -0.251. The second-order valence-corrected chi connectivity index (χ2v) is 6.24. The third-order valence-electron chi connectivity index (χ3n) is 5.04. The molecular weight excluding hydrogens is 255 g/mol. The van der Waals surface area contributed by atoms with Crippen LogP contribution in [0.15, 0.2) is 18.2 Å². The molecule has 4 heteroatoms. The molecule has 2 saturated carbocycles. The molecule has 0 radical (unpaired) electrons. The van der Waals surface area contributed by atoms with Gasteiger partial charge < -0.3 is 11.1 Å². The summed E-state index contributed by atoms with van der Waals surface area (Å²) in [5.41, 5.74) is 7.41. The van der Waals surface area contributed by atoms with E-state index in [0.29, 0.717) is 17.4 Å². The summed E-state index contributed by atoms with van der Waals surface area (Å²) in [4.78, 5) is 12.2. The van der Waals surface area contributed by atoms with Crippen LogP contribution in [0.2, 0.25) is 0 Å². The Labute approximate surface area is 118 Å². The van der Waals surface area contributed by atoms with Crippen LogP contribution >= 0.6 is 0 Å². The maximum Gasteiger partial charge on any atom is 0.223 e. The van der Waals surface area contributed by atoms with E-state index in [-0.39, 0.29) is 30.2 Å². The highest BCUT2D eigenvalue weighted by molar-refractivity contribution is 5.79. The van der Waals surface area contributed by atoms with Gasteiger partial charge in [-0.05, 0) is 49.7 Å². The smallest absolute Gasteiger partial charge is 0.223 e. The van der Waals surface area contributed by atoms with Gasteiger partial charge in [0.1, 0.15) is 5.82 Å². The molecule has 2 fully saturated rings. The van der Waals surface area contributed by atoms with Gasteiger partial charge in [0, 0.05) is 24.1 Å². The van der Waals surface area contributed by atoms with Crippen LogP contribution in [0, 0.1) is 30.5 Å². The zero-order valence-corrected chi connectivity index (χ0v) is 11.7. The van der Waals surface area contributed by atoms with Gasteiger partial charge >= 0.3 is 0 Å². The van der Waals surface area contributed by atoms with Crippen LogP contribution < -0.4 is 11.1 Å². The van der Waals surface area contributed by atoms with Crippen LogP contribution in [0.4, 0.5) is 4.39 Å². The van der Waals surface area contributed by atoms with Gasteiger partial charge in [0.2, 0.25) is 5.91 Å². The van der Waals surface area contributed by atoms with Crippen molar-refractivity contribution in [2.75, 3.05) is 0 Å². The Kier molecular flexibility index (Phi) is 3.50. The second kappa shape index (κ2) is 5.17. The number of carbonyl (C=O) groups is 1. The van der Waals surface area contributed by atoms with Gasteiger partial charge in [0.05, 0.1) is 0 Å². The molecular formula is C16H21FN2O. The van der Waals surface area contributed by atoms with Crippen molar-refractivity contribution in [2.24, 2.45) is 23.5 Å². The SMILES string of the molecule is Cc1cccc(F)c1CNC(=O)C1C[C@H]2C[C@@H](N)[C@H]2C1. The fourth-order valence-electron chi connectivity index (χ4n) is 3.71. The number of benzene rings is 1. The highest BCUT2D eigenvalue weighted by Gasteiger charge is 2.47. The van der Waals surface area contributed by atoms with E-state index in [9.17, 15) is 9.18 Å². The summed E-state index contributed by atoms with van der Waals surface area (Å²) in [6.07, 6.45) is 2.90. The molecule has 1 unspecified atom stereocenters. The standard InChI is InChI=1S/C16H21FN2O/c1-9-3-2-4-14(17)13(9)8-19-16(20)11-5-10-7-15(18)12(10)6-11/h2-4,10-12,15H,5-8,18H2,1H3,(H,19,20)/t10-,11?,12-,15+/m0/s1. The molecule has 0 aliphatic heterocycles. The lowest BCUT2D eigenvalue weighted by Crippen LogP contribution is -2.44. The van der Waals surface area contributed by atoms with E-state index >= 15 is 0 Å². The number of amides is 1. The Hall–Kier alpha value is -1.42. The minimum Gasteiger partial charge on any atom is -0.352 e. The molecule has 0 saturated heterocycles. The Bertz CT molecular complexity index is 511. The van der Waals surface area contributed by atoms with Gasteiger partial charge in [-0.15, -0.1) is 0 Å². The van der Waals surface area contributed by atoms with Gasteiger partial charge in [-0.25, -0.2) is 4.39 Å². The number of halogens is 1. The van der Waals surface area contributed by atoms with Crippen LogP contribution in [0.25, 0.3) is 0 Å². The van der Waals surface area contributed by atoms with Crippen molar-refractivity contribution in [3.05, 3.63) is 35.1 Å². The van der Waals surface area contributed by atoms with E-state index in [1.54, 1.807) is 6.07 Å². The van der Waals surface area contributed by atoms with Gasteiger partial charge in [-0.2, -0.15) is 0 Å². The number of nitrogens with two attached hydrogens (primary N) is 1. The predicted molar refractivity (Wildman–Crippen MR) is 75.3 cm³/mol. The van der Waals surface area contributed by atoms with Gasteiger partial charge in [0.25, 0.3) is 0 Å². The molecule has 2 aliphatic rings. The summed E-state index contributed by atoms with van der Waals surface area (Å²) in [7, 11) is 0. The van der Waals surface area contributed by atoms with Crippen molar-refractivity contribution in [1.82, 2.24) is 5.32 Å². The topological polar surface area (TPSA) is 55.1 Å². The van der Waals surface area contributed by atoms with Crippen molar-refractivity contribution in [1.29, 1.82) is 0 Å². The molecule has 20 heavy (non-hydrogen) atoms. The molecule has 3 rings (SSSR count). The zero-order chi connectivity index (χ0) is 14.3. The van der Waals surface area contributed by atoms with Crippen LogP contribution in [-0.2, 0) is 11.3 Å². The van der Waals surface area contributed by atoms with Gasteiger partial charge in [-0.3, -0.25) is 4.79 Å². The normalized spacial score (nSPS) is 31.6. The maximum atomic E-state index is 13.7. The van der Waals surface area contributed by atoms with E-state index in [1.165, 1.54) is 6.07 Å². The third-order valence-corrected chi connectivity index (χ3v) is 5.04. The van der Waals surface area contributed by atoms with E-state index in [4.69, 9.17) is 5.73 Å². The first kappa shape index (κ1) is 13.6. The Balaban J connectivity index is 1.58. The second-order valence-electron chi connectivity index (χ2n) is 6.24. The highest BCUT2D eigenvalue weighted by Crippen LogP contribution is 2.48. The molecule has 4 atom stereocenters. The lowest BCUT2D eigenvalue weighted by atomic mass is 9.72. The first-order valence-corrected chi connectivity index (χ1v) is 7.33. The zero-order valence-electron chi connectivity index (χ0n) is 11.7. The summed E-state index contributed by atoms with van der Waals surface area (Å²) in [5, 5.41) is 2.89. The lowest BCUT2D eigenvalue weighted by Gasteiger charge is -2.37. The van der Waals surface area contributed by atoms with Crippen LogP contribution in [-0.4, -0.2) is 11.9 Å². The molecule has 1 amide bonds. The molecule has 0 aromatic heterocycles. The number of aryl methyl sites for hydroxylation is 1. The molecule has 2 aliphatic carbocycles. The van der Waals surface area contributed by atoms with Crippen LogP contribution in [0.3, 0.4) is 0 Å². The summed E-state index contributed by atoms with van der Waals surface area (Å²) in [6.45, 7) is 2.13. The molecule has 108 valence electrons. The van der Waals surface area contributed by atoms with E-state index in [1.807, 2.05) is 13.0 Å². The summed E-state index contributed by atoms with van der Waals surface area (Å²) < 4.78 is 13.7. The quantitative estimate of drug-likeness (QED) is 0.888. The maximum absolute atomic E-state index is 13.7. The number of hydrogen-bond donors (Lipinski definition) is 2. The molecule has 3 nitrogen and oxygen atoms in total. The van der Waals surface area contributed by atoms with Gasteiger partial charge in [-0.1, -0.05) is 12.1 Å². The number of nitrogens with one attached hydrogen (secondary N) is 1. The minimum absolute atomic E-state index is 0.0502. The summed E-state index contributed by atoms with van der Waals surface area (Å²) in [6, 6.07) is 5.26. The van der Waals surface area contributed by atoms with Crippen LogP contribution in [0.1, 0.15) is 30.4 Å². The van der Waals surface area contributed by atoms with Crippen molar-refractivity contribution >= 4 is 5.91 Å². The lowest BCUT2D eigenvalue weighted by molar-refractivity contribution is -0.125. The van der Waals surface area contributed by atoms with E-state index < -0.39 is 0 Å². The predicted octanol–water partition coefficient (Wildman–Crippen LogP) is 2.12. The molecule has 3 N–H and O–H groups in total. The van der Waals surface area contributed by atoms with Crippen molar-refractivity contribution in [2.45, 2.75) is 38.8 Å². The Morgan fingerprint density at radius 1 is 1.40 bits per heavy atom. The number of hydrogen-bond acceptors (Lipinski definition) is 2. The van der Waals surface area contributed by atoms with Crippen LogP contribution in [0.5, 0.6) is 0 Å². The highest BCUT2D eigenvalue weighted by atomic mass is 19.1. The van der Waals surface area contributed by atoms with Crippen molar-refractivity contribution in [3.8, 4) is 0 Å². The monoisotopic (exact) mass is 276 g/mol. The first-order valence-electron chi connectivity index (χ1n) is 7.33. The van der Waals surface area contributed by atoms with Crippen molar-refractivity contribution in [3.63, 3.8) is 0 Å². The molecule has 0 bridgehead atoms. The average molecular weight is 276 g/mol. The Morgan fingerprint density at radius 3 is 2.85 bits per heavy atom. The van der Waals surface area contributed by atoms with Gasteiger partial charge in [0.15, 0.2) is 0 Å². The van der Waals surface area contributed by atoms with E-state index in [0.717, 1.165) is 24.8 Å². The molecule has 1 aromatic rings.